The molecule has 7 unspecified atom stereocenters. The van der Waals surface area contributed by atoms with Crippen molar-refractivity contribution in [3.63, 3.8) is 0 Å². The fourth-order valence-electron chi connectivity index (χ4n) is 10.6. The van der Waals surface area contributed by atoms with Crippen LogP contribution < -0.4 is 5.32 Å². The van der Waals surface area contributed by atoms with Crippen molar-refractivity contribution >= 4 is 5.91 Å². The van der Waals surface area contributed by atoms with E-state index in [1.165, 1.54) is 161 Å². The number of allylic oxidation sites excluding steroid dienone is 16. The van der Waals surface area contributed by atoms with E-state index in [0.717, 1.165) is 116 Å². The van der Waals surface area contributed by atoms with E-state index < -0.39 is 49.5 Å². The number of aliphatic hydroxyl groups is 5. The summed E-state index contributed by atoms with van der Waals surface area (Å²) in [5, 5.41) is 54.9. The molecular weight excluding hydrogens is 1020 g/mol. The standard InChI is InChI=1S/C73H129NO8/c1-3-5-7-9-11-13-15-17-19-21-23-25-27-29-31-33-34-35-37-39-41-43-45-47-49-51-53-55-57-59-61-63-69(77)74-66(65-81-73-72(80)71(79)70(78)68(64-75)82-73)67(76)62-60-58-56-54-52-50-48-46-44-42-40-38-36-32-30-28-26-24-22-20-18-16-14-12-10-8-6-4-2/h5,7,11,13,17,19,23,25,29,31,34-35,39,41,45,47,66-68,70-73,75-76,78-80H,3-4,6,8-10,12,14-16,18,20-22,24,26-28,30,32-33,36-38,40,42-44,46,48-65H2,1-2H3,(H,74,77)/b7-5-,13-11-,19-17-,25-23-,31-29-,35-34-,41-39-,47-45-. The average molecular weight is 1150 g/mol. The zero-order valence-corrected chi connectivity index (χ0v) is 53.0. The first-order valence-corrected chi connectivity index (χ1v) is 34.4. The Labute approximate surface area is 504 Å². The number of unbranched alkanes of at least 4 members (excludes halogenated alkanes) is 33. The van der Waals surface area contributed by atoms with E-state index in [1.54, 1.807) is 0 Å². The van der Waals surface area contributed by atoms with Crippen LogP contribution in [0.2, 0.25) is 0 Å². The monoisotopic (exact) mass is 1150 g/mol. The molecule has 0 aromatic heterocycles. The van der Waals surface area contributed by atoms with Crippen LogP contribution >= 0.6 is 0 Å². The van der Waals surface area contributed by atoms with Crippen LogP contribution in [0.25, 0.3) is 0 Å². The van der Waals surface area contributed by atoms with Crippen molar-refractivity contribution in [3.8, 4) is 0 Å². The molecular formula is C73H129NO8. The third-order valence-corrected chi connectivity index (χ3v) is 16.0. The summed E-state index contributed by atoms with van der Waals surface area (Å²) >= 11 is 0. The predicted octanol–water partition coefficient (Wildman–Crippen LogP) is 18.7. The van der Waals surface area contributed by atoms with Crippen LogP contribution in [-0.2, 0) is 14.3 Å². The molecule has 0 aromatic carbocycles. The van der Waals surface area contributed by atoms with Gasteiger partial charge >= 0.3 is 0 Å². The molecule has 0 bridgehead atoms. The highest BCUT2D eigenvalue weighted by Gasteiger charge is 2.44. The molecule has 474 valence electrons. The van der Waals surface area contributed by atoms with E-state index in [0.29, 0.717) is 12.8 Å². The van der Waals surface area contributed by atoms with Gasteiger partial charge in [-0.1, -0.05) is 317 Å². The molecule has 1 rings (SSSR count). The Kier molecular flexibility index (Phi) is 57.6. The third-order valence-electron chi connectivity index (χ3n) is 16.0. The van der Waals surface area contributed by atoms with Crippen LogP contribution in [0.5, 0.6) is 0 Å². The number of hydrogen-bond acceptors (Lipinski definition) is 8. The van der Waals surface area contributed by atoms with Crippen molar-refractivity contribution in [1.29, 1.82) is 0 Å². The minimum atomic E-state index is -1.56. The van der Waals surface area contributed by atoms with Crippen LogP contribution in [0.1, 0.15) is 303 Å². The minimum Gasteiger partial charge on any atom is -0.394 e. The highest BCUT2D eigenvalue weighted by atomic mass is 16.7. The molecule has 1 saturated heterocycles. The lowest BCUT2D eigenvalue weighted by molar-refractivity contribution is -0.302. The summed E-state index contributed by atoms with van der Waals surface area (Å²) < 4.78 is 11.4. The molecule has 0 spiro atoms. The van der Waals surface area contributed by atoms with Gasteiger partial charge in [0.1, 0.15) is 24.4 Å². The molecule has 7 atom stereocenters. The number of aliphatic hydroxyl groups excluding tert-OH is 5. The number of nitrogens with one attached hydrogen (secondary N) is 1. The van der Waals surface area contributed by atoms with Gasteiger partial charge in [-0.05, 0) is 77.0 Å². The number of amides is 1. The quantitative estimate of drug-likeness (QED) is 0.0261. The van der Waals surface area contributed by atoms with Crippen molar-refractivity contribution in [2.45, 2.75) is 346 Å². The van der Waals surface area contributed by atoms with Crippen LogP contribution in [-0.4, -0.2) is 87.5 Å². The van der Waals surface area contributed by atoms with Gasteiger partial charge in [0.2, 0.25) is 5.91 Å². The summed E-state index contributed by atoms with van der Waals surface area (Å²) in [6, 6.07) is -0.736. The molecule has 9 heteroatoms. The van der Waals surface area contributed by atoms with E-state index in [4.69, 9.17) is 9.47 Å². The van der Waals surface area contributed by atoms with Gasteiger partial charge < -0.3 is 40.3 Å². The van der Waals surface area contributed by atoms with Crippen LogP contribution in [0.15, 0.2) is 97.2 Å². The molecule has 1 aliphatic heterocycles. The number of carbonyl (C=O) groups is 1. The summed E-state index contributed by atoms with van der Waals surface area (Å²) in [5.74, 6) is -0.159. The Balaban J connectivity index is 2.17. The summed E-state index contributed by atoms with van der Waals surface area (Å²) in [5.41, 5.74) is 0. The second-order valence-electron chi connectivity index (χ2n) is 23.6. The highest BCUT2D eigenvalue weighted by Crippen LogP contribution is 2.23. The third kappa shape index (κ3) is 49.4. The molecule has 82 heavy (non-hydrogen) atoms. The van der Waals surface area contributed by atoms with Crippen molar-refractivity contribution < 1.29 is 39.8 Å². The number of carbonyl (C=O) groups excluding carboxylic acids is 1. The van der Waals surface area contributed by atoms with E-state index in [-0.39, 0.29) is 12.5 Å². The second kappa shape index (κ2) is 61.2. The lowest BCUT2D eigenvalue weighted by atomic mass is 9.99. The van der Waals surface area contributed by atoms with Crippen molar-refractivity contribution in [2.75, 3.05) is 13.2 Å². The molecule has 1 amide bonds. The fourth-order valence-corrected chi connectivity index (χ4v) is 10.6. The minimum absolute atomic E-state index is 0.149. The van der Waals surface area contributed by atoms with Crippen LogP contribution in [0, 0.1) is 0 Å². The largest absolute Gasteiger partial charge is 0.394 e. The van der Waals surface area contributed by atoms with Crippen LogP contribution in [0.4, 0.5) is 0 Å². The lowest BCUT2D eigenvalue weighted by Gasteiger charge is -2.40. The first kappa shape index (κ1) is 77.1. The van der Waals surface area contributed by atoms with Crippen molar-refractivity contribution in [1.82, 2.24) is 5.32 Å². The molecule has 1 aliphatic rings. The summed E-state index contributed by atoms with van der Waals surface area (Å²) in [4.78, 5) is 13.1. The first-order valence-electron chi connectivity index (χ1n) is 34.4. The molecule has 1 heterocycles. The molecule has 1 fully saturated rings. The molecule has 0 aliphatic carbocycles. The van der Waals surface area contributed by atoms with E-state index in [9.17, 15) is 30.3 Å². The Hall–Kier alpha value is -2.89. The Morgan fingerprint density at radius 1 is 0.427 bits per heavy atom. The normalized spacial score (nSPS) is 18.9. The van der Waals surface area contributed by atoms with Gasteiger partial charge in [0, 0.05) is 6.42 Å². The maximum atomic E-state index is 13.1. The topological polar surface area (TPSA) is 149 Å². The van der Waals surface area contributed by atoms with E-state index in [2.05, 4.69) is 116 Å². The Bertz CT molecular complexity index is 1620. The zero-order chi connectivity index (χ0) is 59.3. The Morgan fingerprint density at radius 2 is 0.756 bits per heavy atom. The van der Waals surface area contributed by atoms with Crippen LogP contribution in [0.3, 0.4) is 0 Å². The SMILES string of the molecule is CC/C=C\C/C=C\C/C=C\C/C=C\C/C=C\C/C=C\C/C=C\C/C=C\CCCCCCCCC(=O)NC(COC1OC(CO)C(O)C(O)C1O)C(O)CCCCCCCCCCCCCCCCCCCCCCCCCCCCCC. The average Bonchev–Trinajstić information content (AvgIpc) is 3.52. The van der Waals surface area contributed by atoms with Gasteiger partial charge in [-0.15, -0.1) is 0 Å². The maximum absolute atomic E-state index is 13.1. The molecule has 0 radical (unpaired) electrons. The van der Waals surface area contributed by atoms with Gasteiger partial charge in [0.25, 0.3) is 0 Å². The van der Waals surface area contributed by atoms with E-state index >= 15 is 0 Å². The Morgan fingerprint density at radius 3 is 1.12 bits per heavy atom. The van der Waals surface area contributed by atoms with E-state index in [1.807, 2.05) is 0 Å². The molecule has 9 nitrogen and oxygen atoms in total. The second-order valence-corrected chi connectivity index (χ2v) is 23.6. The van der Waals surface area contributed by atoms with Gasteiger partial charge in [0.15, 0.2) is 6.29 Å². The highest BCUT2D eigenvalue weighted by molar-refractivity contribution is 5.76. The van der Waals surface area contributed by atoms with Crippen molar-refractivity contribution in [2.24, 2.45) is 0 Å². The lowest BCUT2D eigenvalue weighted by Crippen LogP contribution is -2.60. The number of hydrogen-bond donors (Lipinski definition) is 6. The summed E-state index contributed by atoms with van der Waals surface area (Å²) in [7, 11) is 0. The predicted molar refractivity (Wildman–Crippen MR) is 350 cm³/mol. The number of ether oxygens (including phenoxy) is 2. The molecule has 6 N–H and O–H groups in total. The summed E-state index contributed by atoms with van der Waals surface area (Å²) in [6.45, 7) is 3.74. The first-order chi connectivity index (χ1) is 40.3. The molecule has 0 saturated carbocycles. The maximum Gasteiger partial charge on any atom is 0.220 e. The van der Waals surface area contributed by atoms with Gasteiger partial charge in [-0.3, -0.25) is 4.79 Å². The fraction of sp³-hybridized carbons (Fsp3) is 0.767. The summed E-state index contributed by atoms with van der Waals surface area (Å²) in [6.07, 6.45) is 81.7. The van der Waals surface area contributed by atoms with Gasteiger partial charge in [0.05, 0.1) is 25.4 Å². The van der Waals surface area contributed by atoms with Crippen molar-refractivity contribution in [3.05, 3.63) is 97.2 Å². The zero-order valence-electron chi connectivity index (χ0n) is 53.0. The number of rotatable bonds is 59. The smallest absolute Gasteiger partial charge is 0.220 e. The molecule has 0 aromatic rings. The van der Waals surface area contributed by atoms with Gasteiger partial charge in [-0.2, -0.15) is 0 Å². The van der Waals surface area contributed by atoms with Gasteiger partial charge in [-0.25, -0.2) is 0 Å².